The SMILES string of the molecule is CN(OC(=O)c1ccccc1)C(=O)CN1CCN2CCN(CC1)CCN(CC(=O)N(C)OC(=O)c1ccccc1)CC2. The third kappa shape index (κ3) is 9.35. The second-order valence-corrected chi connectivity index (χ2v) is 10.5. The number of hydroxylamine groups is 4. The van der Waals surface area contributed by atoms with Crippen LogP contribution in [0.15, 0.2) is 60.7 Å². The predicted octanol–water partition coefficient (Wildman–Crippen LogP) is 0.682. The molecule has 4 rings (SSSR count). The third-order valence-corrected chi connectivity index (χ3v) is 7.54. The average molecular weight is 581 g/mol. The molecule has 226 valence electrons. The minimum Gasteiger partial charge on any atom is -0.333 e. The lowest BCUT2D eigenvalue weighted by atomic mass is 10.2. The van der Waals surface area contributed by atoms with E-state index in [0.717, 1.165) is 49.4 Å². The van der Waals surface area contributed by atoms with E-state index >= 15 is 0 Å². The molecule has 42 heavy (non-hydrogen) atoms. The fourth-order valence-corrected chi connectivity index (χ4v) is 4.81. The van der Waals surface area contributed by atoms with Gasteiger partial charge < -0.3 is 9.68 Å². The van der Waals surface area contributed by atoms with Crippen LogP contribution in [0.4, 0.5) is 0 Å². The van der Waals surface area contributed by atoms with Crippen LogP contribution in [0.1, 0.15) is 20.7 Å². The maximum Gasteiger partial charge on any atom is 0.363 e. The van der Waals surface area contributed by atoms with Gasteiger partial charge in [0.25, 0.3) is 11.8 Å². The summed E-state index contributed by atoms with van der Waals surface area (Å²) < 4.78 is 0. The zero-order valence-electron chi connectivity index (χ0n) is 24.4. The van der Waals surface area contributed by atoms with E-state index in [2.05, 4.69) is 19.6 Å². The van der Waals surface area contributed by atoms with E-state index in [1.807, 2.05) is 12.1 Å². The van der Waals surface area contributed by atoms with Crippen molar-refractivity contribution in [1.82, 2.24) is 29.7 Å². The Hall–Kier alpha value is -3.84. The molecule has 12 nitrogen and oxygen atoms in total. The summed E-state index contributed by atoms with van der Waals surface area (Å²) in [7, 11) is 2.93. The first kappa shape index (κ1) is 31.1. The molecule has 2 amide bonds. The van der Waals surface area contributed by atoms with Crippen LogP contribution in [0.3, 0.4) is 0 Å². The van der Waals surface area contributed by atoms with E-state index < -0.39 is 11.9 Å². The van der Waals surface area contributed by atoms with E-state index in [1.165, 1.54) is 14.1 Å². The van der Waals surface area contributed by atoms with Gasteiger partial charge in [0.05, 0.1) is 24.2 Å². The zero-order chi connectivity index (χ0) is 29.9. The Balaban J connectivity index is 1.26. The van der Waals surface area contributed by atoms with Crippen LogP contribution in [0, 0.1) is 0 Å². The van der Waals surface area contributed by atoms with Crippen molar-refractivity contribution in [1.29, 1.82) is 0 Å². The molecule has 2 aromatic rings. The summed E-state index contributed by atoms with van der Waals surface area (Å²) in [5.74, 6) is -1.71. The number of rotatable bonds is 6. The standard InChI is InChI=1S/C30H40N6O6/c1-31(41-29(39)25-9-5-3-6-10-25)27(37)23-35-19-15-33-13-14-34(16-20-35)18-22-36(21-17-33)24-28(38)32(2)42-30(40)26-11-7-4-8-12-26/h3-12H,13-24H2,1-2H3. The van der Waals surface area contributed by atoms with Crippen molar-refractivity contribution in [3.05, 3.63) is 71.8 Å². The number of carbonyl (C=O) groups excluding carboxylic acids is 4. The number of carbonyl (C=O) groups is 4. The van der Waals surface area contributed by atoms with Gasteiger partial charge in [-0.2, -0.15) is 10.1 Å². The van der Waals surface area contributed by atoms with Gasteiger partial charge in [-0.3, -0.25) is 29.2 Å². The van der Waals surface area contributed by atoms with Crippen molar-refractivity contribution in [2.24, 2.45) is 0 Å². The summed E-state index contributed by atoms with van der Waals surface area (Å²) in [6.45, 7) is 7.93. The summed E-state index contributed by atoms with van der Waals surface area (Å²) in [6.07, 6.45) is 0. The molecule has 0 unspecified atom stereocenters. The van der Waals surface area contributed by atoms with E-state index in [1.54, 1.807) is 48.5 Å². The third-order valence-electron chi connectivity index (χ3n) is 7.54. The summed E-state index contributed by atoms with van der Waals surface area (Å²) in [4.78, 5) is 69.9. The molecule has 0 radical (unpaired) electrons. The molecule has 0 spiro atoms. The van der Waals surface area contributed by atoms with Crippen LogP contribution in [0.25, 0.3) is 0 Å². The Kier molecular flexibility index (Phi) is 11.4. The van der Waals surface area contributed by atoms with Gasteiger partial charge in [0, 0.05) is 79.5 Å². The fourth-order valence-electron chi connectivity index (χ4n) is 4.81. The molecule has 12 heteroatoms. The summed E-state index contributed by atoms with van der Waals surface area (Å²) in [5, 5.41) is 2.04. The fraction of sp³-hybridized carbons (Fsp3) is 0.467. The number of nitrogens with zero attached hydrogens (tertiary/aromatic N) is 6. The van der Waals surface area contributed by atoms with Crippen LogP contribution in [0.2, 0.25) is 0 Å². The highest BCUT2D eigenvalue weighted by Gasteiger charge is 2.25. The molecule has 2 aliphatic heterocycles. The summed E-state index contributed by atoms with van der Waals surface area (Å²) in [5.41, 5.74) is 0.771. The van der Waals surface area contributed by atoms with Crippen molar-refractivity contribution in [3.8, 4) is 0 Å². The molecule has 2 aliphatic rings. The average Bonchev–Trinajstić information content (AvgIpc) is 3.16. The lowest BCUT2D eigenvalue weighted by molar-refractivity contribution is -0.162. The smallest absolute Gasteiger partial charge is 0.333 e. The normalized spacial score (nSPS) is 20.0. The van der Waals surface area contributed by atoms with Crippen LogP contribution < -0.4 is 0 Å². The number of hydrogen-bond acceptors (Lipinski definition) is 10. The van der Waals surface area contributed by atoms with Crippen molar-refractivity contribution in [2.75, 3.05) is 92.6 Å². The van der Waals surface area contributed by atoms with Crippen LogP contribution in [-0.2, 0) is 19.3 Å². The molecular formula is C30H40N6O6. The first-order valence-corrected chi connectivity index (χ1v) is 14.3. The maximum absolute atomic E-state index is 12.9. The molecule has 2 saturated heterocycles. The summed E-state index contributed by atoms with van der Waals surface area (Å²) >= 11 is 0. The van der Waals surface area contributed by atoms with E-state index in [0.29, 0.717) is 37.3 Å². The molecule has 0 aliphatic carbocycles. The van der Waals surface area contributed by atoms with Gasteiger partial charge in [-0.1, -0.05) is 36.4 Å². The van der Waals surface area contributed by atoms with Crippen LogP contribution >= 0.6 is 0 Å². The monoisotopic (exact) mass is 580 g/mol. The number of amides is 2. The summed E-state index contributed by atoms with van der Waals surface area (Å²) in [6, 6.07) is 17.2. The van der Waals surface area contributed by atoms with Crippen molar-refractivity contribution in [2.45, 2.75) is 0 Å². The molecule has 2 bridgehead atoms. The molecule has 0 N–H and O–H groups in total. The highest BCUT2D eigenvalue weighted by Crippen LogP contribution is 2.08. The largest absolute Gasteiger partial charge is 0.363 e. The molecule has 0 atom stereocenters. The molecule has 0 aromatic heterocycles. The van der Waals surface area contributed by atoms with Gasteiger partial charge in [0.2, 0.25) is 0 Å². The van der Waals surface area contributed by atoms with Gasteiger partial charge in [-0.15, -0.1) is 0 Å². The zero-order valence-corrected chi connectivity index (χ0v) is 24.4. The lowest BCUT2D eigenvalue weighted by Crippen LogP contribution is -2.47. The number of benzene rings is 2. The second-order valence-electron chi connectivity index (χ2n) is 10.5. The molecule has 0 saturated carbocycles. The van der Waals surface area contributed by atoms with Crippen LogP contribution in [0.5, 0.6) is 0 Å². The first-order chi connectivity index (χ1) is 20.3. The van der Waals surface area contributed by atoms with Gasteiger partial charge in [0.15, 0.2) is 0 Å². The Bertz CT molecular complexity index is 1090. The molecule has 2 heterocycles. The second kappa shape index (κ2) is 15.4. The Labute approximate surface area is 246 Å². The van der Waals surface area contributed by atoms with Crippen LogP contribution in [-0.4, -0.2) is 146 Å². The van der Waals surface area contributed by atoms with Gasteiger partial charge >= 0.3 is 11.9 Å². The minimum absolute atomic E-state index is 0.148. The Morgan fingerprint density at radius 2 is 0.857 bits per heavy atom. The van der Waals surface area contributed by atoms with Crippen molar-refractivity contribution in [3.63, 3.8) is 0 Å². The highest BCUT2D eigenvalue weighted by atomic mass is 16.7. The van der Waals surface area contributed by atoms with Gasteiger partial charge in [-0.05, 0) is 24.3 Å². The number of hydrogen-bond donors (Lipinski definition) is 0. The van der Waals surface area contributed by atoms with Crippen molar-refractivity contribution >= 4 is 23.8 Å². The molecular weight excluding hydrogens is 540 g/mol. The Morgan fingerprint density at radius 1 is 0.548 bits per heavy atom. The highest BCUT2D eigenvalue weighted by molar-refractivity contribution is 5.91. The van der Waals surface area contributed by atoms with E-state index in [4.69, 9.17) is 9.68 Å². The minimum atomic E-state index is -0.570. The first-order valence-electron chi connectivity index (χ1n) is 14.3. The number of fused-ring (bicyclic) bond motifs is 3. The lowest BCUT2D eigenvalue weighted by Gasteiger charge is -2.30. The van der Waals surface area contributed by atoms with Gasteiger partial charge in [0.1, 0.15) is 0 Å². The topological polar surface area (TPSA) is 106 Å². The van der Waals surface area contributed by atoms with E-state index in [9.17, 15) is 19.2 Å². The Morgan fingerprint density at radius 3 is 1.19 bits per heavy atom. The quantitative estimate of drug-likeness (QED) is 0.453. The number of likely N-dealkylation sites (N-methyl/N-ethyl adjacent to an activating group) is 2. The van der Waals surface area contributed by atoms with Gasteiger partial charge in [-0.25, -0.2) is 9.59 Å². The van der Waals surface area contributed by atoms with Crippen molar-refractivity contribution < 1.29 is 28.9 Å². The predicted molar refractivity (Wildman–Crippen MR) is 155 cm³/mol. The molecule has 2 aromatic carbocycles. The maximum atomic E-state index is 12.9. The van der Waals surface area contributed by atoms with E-state index in [-0.39, 0.29) is 24.9 Å². The molecule has 2 fully saturated rings.